The molecule has 0 aromatic heterocycles. The van der Waals surface area contributed by atoms with Crippen molar-refractivity contribution in [1.82, 2.24) is 4.90 Å². The summed E-state index contributed by atoms with van der Waals surface area (Å²) in [6, 6.07) is 2.34. The number of rotatable bonds is 0. The highest BCUT2D eigenvalue weighted by atomic mass is 17.1. The van der Waals surface area contributed by atoms with E-state index >= 15 is 0 Å². The minimum absolute atomic E-state index is 1.53. The second-order valence-electron chi connectivity index (χ2n) is 1.19. The molecule has 0 fully saturated rings. The van der Waals surface area contributed by atoms with Crippen molar-refractivity contribution in [3.8, 4) is 12.2 Å². The van der Waals surface area contributed by atoms with Crippen molar-refractivity contribution in [2.24, 2.45) is 0 Å². The number of nitrogens with zero attached hydrogens (tertiary/aromatic N) is 1. The lowest BCUT2D eigenvalue weighted by atomic mass is 10.9. The molecule has 0 rings (SSSR count). The average molecular weight is 100 g/mol. The molecule has 0 unspecified atom stereocenters. The van der Waals surface area contributed by atoms with Gasteiger partial charge in [-0.05, 0) is 0 Å². The third-order valence-electron chi connectivity index (χ3n) is 0.311. The Morgan fingerprint density at radius 3 is 2.29 bits per heavy atom. The van der Waals surface area contributed by atoms with E-state index in [9.17, 15) is 0 Å². The molecule has 0 aromatic carbocycles. The van der Waals surface area contributed by atoms with E-state index in [1.165, 1.54) is 4.90 Å². The van der Waals surface area contributed by atoms with E-state index in [4.69, 9.17) is 5.26 Å². The first-order chi connectivity index (χ1) is 3.27. The van der Waals surface area contributed by atoms with Crippen LogP contribution in [0.5, 0.6) is 0 Å². The molecule has 0 aliphatic carbocycles. The number of hydrogen-bond acceptors (Lipinski definition) is 3. The molecule has 7 heavy (non-hydrogen) atoms. The van der Waals surface area contributed by atoms with Gasteiger partial charge in [0.2, 0.25) is 0 Å². The summed E-state index contributed by atoms with van der Waals surface area (Å²) in [7, 11) is 3.43. The standard InChI is InChI=1S/C4H7NO2/c1-5(2)3-4-7-6/h6H,1-2H3/p-1. The smallest absolute Gasteiger partial charge is 0.127 e. The molecule has 3 nitrogen and oxygen atoms in total. The lowest BCUT2D eigenvalue weighted by Crippen LogP contribution is -2.03. The van der Waals surface area contributed by atoms with Gasteiger partial charge in [0.1, 0.15) is 6.11 Å². The summed E-state index contributed by atoms with van der Waals surface area (Å²) in [4.78, 5) is 4.73. The minimum Gasteiger partial charge on any atom is -0.653 e. The minimum atomic E-state index is 1.53. The van der Waals surface area contributed by atoms with Crippen LogP contribution in [0.3, 0.4) is 0 Å². The Hall–Kier alpha value is -0.880. The van der Waals surface area contributed by atoms with Gasteiger partial charge in [-0.15, -0.1) is 0 Å². The van der Waals surface area contributed by atoms with Gasteiger partial charge in [0, 0.05) is 14.1 Å². The van der Waals surface area contributed by atoms with Crippen molar-refractivity contribution in [3.05, 3.63) is 0 Å². The van der Waals surface area contributed by atoms with Crippen LogP contribution in [0.4, 0.5) is 0 Å². The van der Waals surface area contributed by atoms with Crippen LogP contribution in [0.25, 0.3) is 0 Å². The van der Waals surface area contributed by atoms with Crippen molar-refractivity contribution in [1.29, 1.82) is 0 Å². The molecule has 0 saturated heterocycles. The summed E-state index contributed by atoms with van der Waals surface area (Å²) in [5, 5.41) is 9.13. The largest absolute Gasteiger partial charge is 0.653 e. The monoisotopic (exact) mass is 100 g/mol. The molecule has 3 heteroatoms. The molecule has 0 atom stereocenters. The predicted octanol–water partition coefficient (Wildman–Crippen LogP) is -1.24. The van der Waals surface area contributed by atoms with E-state index in [0.29, 0.717) is 0 Å². The highest BCUT2D eigenvalue weighted by Crippen LogP contribution is 1.61. The van der Waals surface area contributed by atoms with Gasteiger partial charge < -0.3 is 15.0 Å². The van der Waals surface area contributed by atoms with Crippen LogP contribution in [0.1, 0.15) is 0 Å². The maximum absolute atomic E-state index is 9.13. The highest BCUT2D eigenvalue weighted by Gasteiger charge is 1.67. The van der Waals surface area contributed by atoms with Crippen LogP contribution in [-0.2, 0) is 4.89 Å². The fourth-order valence-corrected chi connectivity index (χ4v) is 0.110. The molecular formula is C4H6NO2-. The normalized spacial score (nSPS) is 6.14. The first-order valence-corrected chi connectivity index (χ1v) is 1.74. The van der Waals surface area contributed by atoms with E-state index in [0.717, 1.165) is 0 Å². The summed E-state index contributed by atoms with van der Waals surface area (Å²) in [6.45, 7) is 0. The maximum Gasteiger partial charge on any atom is 0.127 e. The summed E-state index contributed by atoms with van der Waals surface area (Å²) in [5.41, 5.74) is 0. The Kier molecular flexibility index (Phi) is 2.90. The Morgan fingerprint density at radius 2 is 2.14 bits per heavy atom. The highest BCUT2D eigenvalue weighted by molar-refractivity contribution is 4.86. The van der Waals surface area contributed by atoms with Gasteiger partial charge in [0.05, 0.1) is 6.04 Å². The zero-order valence-electron chi connectivity index (χ0n) is 4.26. The molecule has 0 aliphatic rings. The maximum atomic E-state index is 9.13. The van der Waals surface area contributed by atoms with Crippen molar-refractivity contribution in [2.75, 3.05) is 14.1 Å². The molecule has 0 spiro atoms. The van der Waals surface area contributed by atoms with Crippen LogP contribution >= 0.6 is 0 Å². The summed E-state index contributed by atoms with van der Waals surface area (Å²) in [5.74, 6) is 0. The average Bonchev–Trinajstić information content (AvgIpc) is 1.61. The first kappa shape index (κ1) is 6.12. The lowest BCUT2D eigenvalue weighted by molar-refractivity contribution is -0.658. The Bertz CT molecular complexity index is 89.6. The molecule has 0 heterocycles. The van der Waals surface area contributed by atoms with E-state index < -0.39 is 0 Å². The van der Waals surface area contributed by atoms with Crippen molar-refractivity contribution in [3.63, 3.8) is 0 Å². The summed E-state index contributed by atoms with van der Waals surface area (Å²) >= 11 is 0. The molecule has 0 N–H and O–H groups in total. The zero-order chi connectivity index (χ0) is 5.70. The molecule has 0 saturated carbocycles. The molecule has 0 amide bonds. The second kappa shape index (κ2) is 3.32. The quantitative estimate of drug-likeness (QED) is 0.165. The Labute approximate surface area is 42.4 Å². The number of hydrogen-bond donors (Lipinski definition) is 0. The summed E-state index contributed by atoms with van der Waals surface area (Å²) in [6.07, 6.45) is 1.87. The second-order valence-corrected chi connectivity index (χ2v) is 1.19. The molecule has 0 aromatic rings. The molecular weight excluding hydrogens is 94.0 g/mol. The SMILES string of the molecule is CN(C)C#CO[O-]. The van der Waals surface area contributed by atoms with Crippen LogP contribution in [0.2, 0.25) is 0 Å². The van der Waals surface area contributed by atoms with Crippen molar-refractivity contribution in [2.45, 2.75) is 0 Å². The van der Waals surface area contributed by atoms with Gasteiger partial charge >= 0.3 is 0 Å². The van der Waals surface area contributed by atoms with E-state index in [1.807, 2.05) is 6.11 Å². The van der Waals surface area contributed by atoms with Crippen LogP contribution in [0.15, 0.2) is 0 Å². The zero-order valence-corrected chi connectivity index (χ0v) is 4.26. The Balaban J connectivity index is 3.24. The van der Waals surface area contributed by atoms with Crippen molar-refractivity contribution >= 4 is 0 Å². The van der Waals surface area contributed by atoms with Crippen LogP contribution < -0.4 is 5.26 Å². The fraction of sp³-hybridized carbons (Fsp3) is 0.500. The third-order valence-corrected chi connectivity index (χ3v) is 0.311. The van der Waals surface area contributed by atoms with Gasteiger partial charge in [-0.2, -0.15) is 0 Å². The molecule has 0 radical (unpaired) electrons. The van der Waals surface area contributed by atoms with Gasteiger partial charge in [-0.3, -0.25) is 0 Å². The molecule has 0 aliphatic heterocycles. The van der Waals surface area contributed by atoms with E-state index in [1.54, 1.807) is 14.1 Å². The van der Waals surface area contributed by atoms with E-state index in [-0.39, 0.29) is 0 Å². The van der Waals surface area contributed by atoms with Crippen LogP contribution in [-0.4, -0.2) is 19.0 Å². The van der Waals surface area contributed by atoms with Crippen LogP contribution in [0, 0.1) is 12.2 Å². The fourth-order valence-electron chi connectivity index (χ4n) is 0.110. The Morgan fingerprint density at radius 1 is 1.57 bits per heavy atom. The first-order valence-electron chi connectivity index (χ1n) is 1.74. The van der Waals surface area contributed by atoms with Gasteiger partial charge in [-0.25, -0.2) is 0 Å². The molecule has 0 bridgehead atoms. The topological polar surface area (TPSA) is 35.5 Å². The van der Waals surface area contributed by atoms with Crippen molar-refractivity contribution < 1.29 is 10.1 Å². The van der Waals surface area contributed by atoms with Gasteiger partial charge in [0.15, 0.2) is 0 Å². The lowest BCUT2D eigenvalue weighted by Gasteiger charge is -1.98. The van der Waals surface area contributed by atoms with Gasteiger partial charge in [0.25, 0.3) is 0 Å². The third kappa shape index (κ3) is 5.12. The van der Waals surface area contributed by atoms with Gasteiger partial charge in [-0.1, -0.05) is 0 Å². The predicted molar refractivity (Wildman–Crippen MR) is 22.5 cm³/mol. The molecule has 40 valence electrons. The van der Waals surface area contributed by atoms with E-state index in [2.05, 4.69) is 10.9 Å². The summed E-state index contributed by atoms with van der Waals surface area (Å²) < 4.78 is 0.